The normalized spacial score (nSPS) is 11.0. The summed E-state index contributed by atoms with van der Waals surface area (Å²) >= 11 is 6.22. The van der Waals surface area contributed by atoms with Gasteiger partial charge in [-0.25, -0.2) is 8.42 Å². The topological polar surface area (TPSA) is 102 Å². The van der Waals surface area contributed by atoms with Crippen LogP contribution in [-0.2, 0) is 14.8 Å². The lowest BCUT2D eigenvalue weighted by molar-refractivity contribution is -0.115. The van der Waals surface area contributed by atoms with Crippen LogP contribution >= 0.6 is 11.6 Å². The fourth-order valence-corrected chi connectivity index (χ4v) is 4.20. The molecule has 0 saturated carbocycles. The predicted molar refractivity (Wildman–Crippen MR) is 124 cm³/mol. The Morgan fingerprint density at radius 3 is 2.34 bits per heavy atom. The number of nitrogens with one attached hydrogen (secondary N) is 2. The second kappa shape index (κ2) is 9.84. The number of benzene rings is 3. The van der Waals surface area contributed by atoms with E-state index in [1.807, 2.05) is 6.92 Å². The number of ketones is 1. The molecular formula is C23H21ClN2O5S. The molecule has 32 heavy (non-hydrogen) atoms. The summed E-state index contributed by atoms with van der Waals surface area (Å²) in [6, 6.07) is 17.3. The standard InChI is InChI=1S/C23H21ClN2O5S/c1-15-7-10-17(11-8-15)32(29,30)26-16-9-12-20(19(24)13-16)25-23(28)14-21(27)18-5-3-4-6-22(18)31-2/h3-13,26H,14H2,1-2H3,(H,25,28). The van der Waals surface area contributed by atoms with E-state index in [0.29, 0.717) is 11.3 Å². The summed E-state index contributed by atoms with van der Waals surface area (Å²) in [5.41, 5.74) is 1.73. The molecule has 0 spiro atoms. The fraction of sp³-hybridized carbons (Fsp3) is 0.130. The molecule has 0 atom stereocenters. The van der Waals surface area contributed by atoms with Gasteiger partial charge in [0.25, 0.3) is 10.0 Å². The van der Waals surface area contributed by atoms with Crippen molar-refractivity contribution in [3.63, 3.8) is 0 Å². The molecular weight excluding hydrogens is 452 g/mol. The summed E-state index contributed by atoms with van der Waals surface area (Å²) in [6.07, 6.45) is -0.404. The van der Waals surface area contributed by atoms with E-state index in [1.54, 1.807) is 36.4 Å². The molecule has 166 valence electrons. The first-order chi connectivity index (χ1) is 15.2. The highest BCUT2D eigenvalue weighted by atomic mass is 35.5. The number of rotatable bonds is 8. The van der Waals surface area contributed by atoms with Gasteiger partial charge in [-0.3, -0.25) is 14.3 Å². The average molecular weight is 473 g/mol. The number of carbonyl (C=O) groups is 2. The minimum atomic E-state index is -3.79. The fourth-order valence-electron chi connectivity index (χ4n) is 2.92. The number of hydrogen-bond donors (Lipinski definition) is 2. The number of ether oxygens (including phenoxy) is 1. The van der Waals surface area contributed by atoms with E-state index in [-0.39, 0.29) is 21.3 Å². The van der Waals surface area contributed by atoms with Gasteiger partial charge in [0.2, 0.25) is 5.91 Å². The van der Waals surface area contributed by atoms with E-state index in [4.69, 9.17) is 16.3 Å². The molecule has 0 aliphatic carbocycles. The number of halogens is 1. The van der Waals surface area contributed by atoms with Gasteiger partial charge in [0.05, 0.1) is 40.4 Å². The molecule has 0 heterocycles. The van der Waals surface area contributed by atoms with Gasteiger partial charge in [-0.05, 0) is 49.4 Å². The lowest BCUT2D eigenvalue weighted by Crippen LogP contribution is -2.17. The molecule has 0 aliphatic heterocycles. The van der Waals surface area contributed by atoms with Crippen LogP contribution < -0.4 is 14.8 Å². The Morgan fingerprint density at radius 2 is 1.69 bits per heavy atom. The van der Waals surface area contributed by atoms with Gasteiger partial charge < -0.3 is 10.1 Å². The first-order valence-corrected chi connectivity index (χ1v) is 11.4. The van der Waals surface area contributed by atoms with E-state index in [2.05, 4.69) is 10.0 Å². The third kappa shape index (κ3) is 5.66. The van der Waals surface area contributed by atoms with Crippen molar-refractivity contribution < 1.29 is 22.7 Å². The second-order valence-corrected chi connectivity index (χ2v) is 9.05. The van der Waals surface area contributed by atoms with Crippen LogP contribution in [0, 0.1) is 6.92 Å². The molecule has 3 rings (SSSR count). The van der Waals surface area contributed by atoms with Crippen LogP contribution in [0.15, 0.2) is 71.6 Å². The monoisotopic (exact) mass is 472 g/mol. The van der Waals surface area contributed by atoms with Crippen LogP contribution in [-0.4, -0.2) is 27.2 Å². The zero-order chi connectivity index (χ0) is 23.3. The number of Topliss-reactive ketones (excluding diaryl/α,β-unsaturated/α-hetero) is 1. The van der Waals surface area contributed by atoms with Gasteiger partial charge in [0, 0.05) is 0 Å². The molecule has 0 fully saturated rings. The van der Waals surface area contributed by atoms with Gasteiger partial charge in [0.1, 0.15) is 5.75 Å². The lowest BCUT2D eigenvalue weighted by atomic mass is 10.1. The molecule has 0 saturated heterocycles. The van der Waals surface area contributed by atoms with Gasteiger partial charge in [-0.15, -0.1) is 0 Å². The van der Waals surface area contributed by atoms with Crippen molar-refractivity contribution >= 4 is 44.7 Å². The van der Waals surface area contributed by atoms with Crippen LogP contribution in [0.3, 0.4) is 0 Å². The van der Waals surface area contributed by atoms with E-state index in [9.17, 15) is 18.0 Å². The Bertz CT molecular complexity index is 1260. The summed E-state index contributed by atoms with van der Waals surface area (Å²) < 4.78 is 32.6. The minimum Gasteiger partial charge on any atom is -0.496 e. The number of carbonyl (C=O) groups excluding carboxylic acids is 2. The van der Waals surface area contributed by atoms with Crippen molar-refractivity contribution in [1.82, 2.24) is 0 Å². The largest absolute Gasteiger partial charge is 0.496 e. The third-order valence-electron chi connectivity index (χ3n) is 4.56. The van der Waals surface area contributed by atoms with Crippen LogP contribution in [0.2, 0.25) is 5.02 Å². The Balaban J connectivity index is 1.68. The highest BCUT2D eigenvalue weighted by Gasteiger charge is 2.18. The first kappa shape index (κ1) is 23.3. The summed E-state index contributed by atoms with van der Waals surface area (Å²) in [7, 11) is -2.34. The van der Waals surface area contributed by atoms with Crippen molar-refractivity contribution in [3.8, 4) is 5.75 Å². The van der Waals surface area contributed by atoms with Crippen LogP contribution in [0.5, 0.6) is 5.75 Å². The van der Waals surface area contributed by atoms with E-state index >= 15 is 0 Å². The number of aryl methyl sites for hydroxylation is 1. The zero-order valence-corrected chi connectivity index (χ0v) is 19.0. The van der Waals surface area contributed by atoms with E-state index < -0.39 is 28.1 Å². The van der Waals surface area contributed by atoms with E-state index in [1.165, 1.54) is 37.4 Å². The van der Waals surface area contributed by atoms with Crippen LogP contribution in [0.1, 0.15) is 22.3 Å². The van der Waals surface area contributed by atoms with Gasteiger partial charge in [-0.1, -0.05) is 41.4 Å². The third-order valence-corrected chi connectivity index (χ3v) is 6.27. The Morgan fingerprint density at radius 1 is 1.00 bits per heavy atom. The number of para-hydroxylation sites is 1. The van der Waals surface area contributed by atoms with Gasteiger partial charge in [0.15, 0.2) is 5.78 Å². The maximum Gasteiger partial charge on any atom is 0.261 e. The molecule has 2 N–H and O–H groups in total. The molecule has 0 bridgehead atoms. The lowest BCUT2D eigenvalue weighted by Gasteiger charge is -2.12. The Labute approximate surface area is 191 Å². The quantitative estimate of drug-likeness (QED) is 0.366. The molecule has 1 amide bonds. The molecule has 0 radical (unpaired) electrons. The van der Waals surface area contributed by atoms with Crippen molar-refractivity contribution in [1.29, 1.82) is 0 Å². The Kier molecular flexibility index (Phi) is 7.17. The van der Waals surface area contributed by atoms with Crippen molar-refractivity contribution in [2.75, 3.05) is 17.1 Å². The molecule has 0 aromatic heterocycles. The number of amides is 1. The molecule has 0 unspecified atom stereocenters. The van der Waals surface area contributed by atoms with Crippen LogP contribution in [0.4, 0.5) is 11.4 Å². The van der Waals surface area contributed by atoms with Crippen molar-refractivity contribution in [3.05, 3.63) is 82.9 Å². The molecule has 3 aromatic rings. The molecule has 7 nitrogen and oxygen atoms in total. The zero-order valence-electron chi connectivity index (χ0n) is 17.4. The maximum atomic E-state index is 12.5. The van der Waals surface area contributed by atoms with Gasteiger partial charge >= 0.3 is 0 Å². The number of anilines is 2. The predicted octanol–water partition coefficient (Wildman–Crippen LogP) is 4.67. The van der Waals surface area contributed by atoms with E-state index in [0.717, 1.165) is 5.56 Å². The number of sulfonamides is 1. The molecule has 0 aliphatic rings. The van der Waals surface area contributed by atoms with Gasteiger partial charge in [-0.2, -0.15) is 0 Å². The highest BCUT2D eigenvalue weighted by molar-refractivity contribution is 7.92. The summed E-state index contributed by atoms with van der Waals surface area (Å²) in [6.45, 7) is 1.86. The van der Waals surface area contributed by atoms with Crippen molar-refractivity contribution in [2.24, 2.45) is 0 Å². The SMILES string of the molecule is COc1ccccc1C(=O)CC(=O)Nc1ccc(NS(=O)(=O)c2ccc(C)cc2)cc1Cl. The van der Waals surface area contributed by atoms with Crippen molar-refractivity contribution in [2.45, 2.75) is 18.2 Å². The molecule has 9 heteroatoms. The summed E-state index contributed by atoms with van der Waals surface area (Å²) in [4.78, 5) is 24.9. The first-order valence-electron chi connectivity index (χ1n) is 9.55. The second-order valence-electron chi connectivity index (χ2n) is 6.96. The average Bonchev–Trinajstić information content (AvgIpc) is 2.75. The number of methoxy groups -OCH3 is 1. The minimum absolute atomic E-state index is 0.117. The molecule has 3 aromatic carbocycles. The smallest absolute Gasteiger partial charge is 0.261 e. The maximum absolute atomic E-state index is 12.5. The summed E-state index contributed by atoms with van der Waals surface area (Å²) in [5, 5.41) is 2.68. The highest BCUT2D eigenvalue weighted by Crippen LogP contribution is 2.27. The Hall–Kier alpha value is -3.36. The van der Waals surface area contributed by atoms with Crippen LogP contribution in [0.25, 0.3) is 0 Å². The number of hydrogen-bond acceptors (Lipinski definition) is 5. The summed E-state index contributed by atoms with van der Waals surface area (Å²) in [5.74, 6) is -0.581.